The van der Waals surface area contributed by atoms with E-state index in [1.165, 1.54) is 18.4 Å². The maximum Gasteiger partial charge on any atom is 0.319 e. The molecule has 1 aromatic carbocycles. The van der Waals surface area contributed by atoms with Gasteiger partial charge in [0.15, 0.2) is 5.58 Å². The number of hydrogen-bond donors (Lipinski definition) is 2. The van der Waals surface area contributed by atoms with Crippen molar-refractivity contribution in [3.8, 4) is 0 Å². The zero-order chi connectivity index (χ0) is 17.2. The molecule has 0 radical (unpaired) electrons. The first-order valence-corrected chi connectivity index (χ1v) is 9.39. The summed E-state index contributed by atoms with van der Waals surface area (Å²) in [6.07, 6.45) is 5.08. The highest BCUT2D eigenvalue weighted by molar-refractivity contribution is 7.11. The molecular formula is C18H20N4O2S. The Morgan fingerprint density at radius 2 is 2.16 bits per heavy atom. The van der Waals surface area contributed by atoms with Gasteiger partial charge in [-0.25, -0.2) is 4.79 Å². The van der Waals surface area contributed by atoms with Gasteiger partial charge in [0.2, 0.25) is 0 Å². The SMILES string of the molecule is Cc1nnc(CCNC(=O)Nc2cccc3c4c(oc23)CCCC4)s1. The van der Waals surface area contributed by atoms with E-state index in [0.29, 0.717) is 13.0 Å². The van der Waals surface area contributed by atoms with Crippen LogP contribution in [0.2, 0.25) is 0 Å². The molecule has 2 amide bonds. The van der Waals surface area contributed by atoms with Gasteiger partial charge in [-0.2, -0.15) is 0 Å². The minimum atomic E-state index is -0.233. The van der Waals surface area contributed by atoms with Gasteiger partial charge < -0.3 is 15.1 Å². The Balaban J connectivity index is 1.43. The molecule has 0 saturated carbocycles. The van der Waals surface area contributed by atoms with Crippen LogP contribution in [0.25, 0.3) is 11.0 Å². The Morgan fingerprint density at radius 3 is 3.00 bits per heavy atom. The maximum atomic E-state index is 12.2. The van der Waals surface area contributed by atoms with Crippen molar-refractivity contribution >= 4 is 34.0 Å². The highest BCUT2D eigenvalue weighted by Crippen LogP contribution is 2.35. The summed E-state index contributed by atoms with van der Waals surface area (Å²) < 4.78 is 6.04. The zero-order valence-corrected chi connectivity index (χ0v) is 14.9. The molecule has 25 heavy (non-hydrogen) atoms. The summed E-state index contributed by atoms with van der Waals surface area (Å²) in [4.78, 5) is 12.2. The monoisotopic (exact) mass is 356 g/mol. The fourth-order valence-electron chi connectivity index (χ4n) is 3.27. The number of urea groups is 1. The Morgan fingerprint density at radius 1 is 1.28 bits per heavy atom. The van der Waals surface area contributed by atoms with Crippen LogP contribution < -0.4 is 10.6 Å². The largest absolute Gasteiger partial charge is 0.459 e. The number of furan rings is 1. The lowest BCUT2D eigenvalue weighted by Crippen LogP contribution is -2.30. The predicted molar refractivity (Wildman–Crippen MR) is 98.2 cm³/mol. The van der Waals surface area contributed by atoms with Crippen LogP contribution in [-0.4, -0.2) is 22.8 Å². The van der Waals surface area contributed by atoms with Crippen LogP contribution in [0.5, 0.6) is 0 Å². The third-order valence-corrected chi connectivity index (χ3v) is 5.32. The first kappa shape index (κ1) is 16.1. The van der Waals surface area contributed by atoms with E-state index < -0.39 is 0 Å². The van der Waals surface area contributed by atoms with Gasteiger partial charge in [0.05, 0.1) is 5.69 Å². The molecule has 1 aliphatic carbocycles. The Bertz CT molecular complexity index is 915. The Hall–Kier alpha value is -2.41. The third-order valence-electron chi connectivity index (χ3n) is 4.42. The summed E-state index contributed by atoms with van der Waals surface area (Å²) >= 11 is 1.55. The van der Waals surface area contributed by atoms with E-state index in [2.05, 4.69) is 26.9 Å². The van der Waals surface area contributed by atoms with Crippen molar-refractivity contribution in [1.29, 1.82) is 0 Å². The number of carbonyl (C=O) groups excluding carboxylic acids is 1. The van der Waals surface area contributed by atoms with E-state index in [9.17, 15) is 4.79 Å². The summed E-state index contributed by atoms with van der Waals surface area (Å²) in [6.45, 7) is 2.44. The van der Waals surface area contributed by atoms with Crippen LogP contribution in [0.1, 0.15) is 34.2 Å². The van der Waals surface area contributed by atoms with Crippen LogP contribution in [0.4, 0.5) is 10.5 Å². The van der Waals surface area contributed by atoms with Gasteiger partial charge in [0.25, 0.3) is 0 Å². The highest BCUT2D eigenvalue weighted by atomic mass is 32.1. The molecular weight excluding hydrogens is 336 g/mol. The van der Waals surface area contributed by atoms with Gasteiger partial charge in [-0.3, -0.25) is 0 Å². The van der Waals surface area contributed by atoms with E-state index in [1.54, 1.807) is 11.3 Å². The first-order valence-electron chi connectivity index (χ1n) is 8.58. The quantitative estimate of drug-likeness (QED) is 0.744. The van der Waals surface area contributed by atoms with E-state index >= 15 is 0 Å². The van der Waals surface area contributed by atoms with Crippen molar-refractivity contribution < 1.29 is 9.21 Å². The lowest BCUT2D eigenvalue weighted by molar-refractivity contribution is 0.252. The van der Waals surface area contributed by atoms with Crippen molar-refractivity contribution in [1.82, 2.24) is 15.5 Å². The Labute approximate surface area is 149 Å². The zero-order valence-electron chi connectivity index (χ0n) is 14.1. The van der Waals surface area contributed by atoms with Crippen molar-refractivity contribution in [2.45, 2.75) is 39.0 Å². The molecule has 3 aromatic rings. The normalized spacial score (nSPS) is 13.6. The average Bonchev–Trinajstić information content (AvgIpc) is 3.19. The van der Waals surface area contributed by atoms with Gasteiger partial charge in [-0.05, 0) is 32.3 Å². The smallest absolute Gasteiger partial charge is 0.319 e. The van der Waals surface area contributed by atoms with E-state index in [1.807, 2.05) is 19.1 Å². The topological polar surface area (TPSA) is 80.0 Å². The molecule has 4 rings (SSSR count). The molecule has 0 atom stereocenters. The molecule has 7 heteroatoms. The average molecular weight is 356 g/mol. The van der Waals surface area contributed by atoms with Crippen LogP contribution in [0.15, 0.2) is 22.6 Å². The number of hydrogen-bond acceptors (Lipinski definition) is 5. The summed E-state index contributed by atoms with van der Waals surface area (Å²) in [5, 5.41) is 16.8. The van der Waals surface area contributed by atoms with Gasteiger partial charge in [-0.15, -0.1) is 21.5 Å². The number of fused-ring (bicyclic) bond motifs is 3. The van der Waals surface area contributed by atoms with E-state index in [-0.39, 0.29) is 6.03 Å². The van der Waals surface area contributed by atoms with Crippen molar-refractivity contribution in [2.24, 2.45) is 0 Å². The summed E-state index contributed by atoms with van der Waals surface area (Å²) in [7, 11) is 0. The van der Waals surface area contributed by atoms with Gasteiger partial charge in [0, 0.05) is 30.3 Å². The number of carbonyl (C=O) groups is 1. The number of aryl methyl sites for hydroxylation is 3. The molecule has 1 aliphatic rings. The van der Waals surface area contributed by atoms with Crippen LogP contribution in [0, 0.1) is 6.92 Å². The number of rotatable bonds is 4. The van der Waals surface area contributed by atoms with Crippen LogP contribution in [0.3, 0.4) is 0 Å². The summed E-state index contributed by atoms with van der Waals surface area (Å²) in [5.74, 6) is 1.07. The number of nitrogens with zero attached hydrogens (tertiary/aromatic N) is 2. The highest BCUT2D eigenvalue weighted by Gasteiger charge is 2.19. The summed E-state index contributed by atoms with van der Waals surface area (Å²) in [6, 6.07) is 5.68. The van der Waals surface area contributed by atoms with Crippen LogP contribution in [-0.2, 0) is 19.3 Å². The molecule has 0 bridgehead atoms. The maximum absolute atomic E-state index is 12.2. The Kier molecular flexibility index (Phi) is 4.40. The molecule has 2 N–H and O–H groups in total. The molecule has 6 nitrogen and oxygen atoms in total. The molecule has 130 valence electrons. The fraction of sp³-hybridized carbons (Fsp3) is 0.389. The number of anilines is 1. The molecule has 0 fully saturated rings. The van der Waals surface area contributed by atoms with Crippen molar-refractivity contribution in [2.75, 3.05) is 11.9 Å². The third kappa shape index (κ3) is 3.37. The van der Waals surface area contributed by atoms with Gasteiger partial charge in [-0.1, -0.05) is 12.1 Å². The molecule has 2 heterocycles. The number of nitrogens with one attached hydrogen (secondary N) is 2. The molecule has 0 spiro atoms. The number of aromatic nitrogens is 2. The number of amides is 2. The van der Waals surface area contributed by atoms with Crippen molar-refractivity contribution in [3.63, 3.8) is 0 Å². The minimum absolute atomic E-state index is 0.233. The predicted octanol–water partition coefficient (Wildman–Crippen LogP) is 3.84. The van der Waals surface area contributed by atoms with Gasteiger partial charge >= 0.3 is 6.03 Å². The second-order valence-electron chi connectivity index (χ2n) is 6.24. The molecule has 0 unspecified atom stereocenters. The van der Waals surface area contributed by atoms with E-state index in [0.717, 1.165) is 45.3 Å². The van der Waals surface area contributed by atoms with E-state index in [4.69, 9.17) is 4.42 Å². The molecule has 0 saturated heterocycles. The lowest BCUT2D eigenvalue weighted by Gasteiger charge is -2.08. The summed E-state index contributed by atoms with van der Waals surface area (Å²) in [5.41, 5.74) is 2.80. The van der Waals surface area contributed by atoms with Crippen molar-refractivity contribution in [3.05, 3.63) is 39.5 Å². The van der Waals surface area contributed by atoms with Crippen LogP contribution >= 0.6 is 11.3 Å². The molecule has 0 aliphatic heterocycles. The number of para-hydroxylation sites is 1. The lowest BCUT2D eigenvalue weighted by atomic mass is 9.96. The minimum Gasteiger partial charge on any atom is -0.459 e. The number of benzene rings is 1. The second kappa shape index (κ2) is 6.84. The fourth-order valence-corrected chi connectivity index (χ4v) is 3.98. The molecule has 2 aromatic heterocycles. The second-order valence-corrected chi connectivity index (χ2v) is 7.51. The standard InChI is InChI=1S/C18H20N4O2S/c1-11-21-22-16(25-11)9-10-19-18(23)20-14-7-4-6-13-12-5-2-3-8-15(12)24-17(13)14/h4,6-7H,2-3,5,8-10H2,1H3,(H2,19,20,23). The first-order chi connectivity index (χ1) is 12.2. The van der Waals surface area contributed by atoms with Gasteiger partial charge in [0.1, 0.15) is 15.8 Å².